The number of rotatable bonds is 6. The van der Waals surface area contributed by atoms with Gasteiger partial charge in [-0.3, -0.25) is 4.79 Å². The third-order valence-corrected chi connectivity index (χ3v) is 2.51. The minimum atomic E-state index is -0.200. The summed E-state index contributed by atoms with van der Waals surface area (Å²) in [5.74, 6) is -0.551. The summed E-state index contributed by atoms with van der Waals surface area (Å²) in [5, 5.41) is 21.2. The lowest BCUT2D eigenvalue weighted by Gasteiger charge is -2.08. The molecule has 0 aliphatic carbocycles. The SMILES string of the molecule is CN(C)CCCNC(=O)C=Cc1ccc(O)c(O)c1. The molecule has 0 saturated heterocycles. The van der Waals surface area contributed by atoms with Gasteiger partial charge in [-0.25, -0.2) is 0 Å². The van der Waals surface area contributed by atoms with Crippen LogP contribution in [0, 0.1) is 0 Å². The molecule has 0 heterocycles. The summed E-state index contributed by atoms with van der Waals surface area (Å²) in [6, 6.07) is 4.39. The number of hydrogen-bond acceptors (Lipinski definition) is 4. The zero-order valence-corrected chi connectivity index (χ0v) is 11.3. The molecule has 0 aliphatic rings. The van der Waals surface area contributed by atoms with Gasteiger partial charge in [-0.15, -0.1) is 0 Å². The van der Waals surface area contributed by atoms with Crippen molar-refractivity contribution < 1.29 is 15.0 Å². The van der Waals surface area contributed by atoms with Crippen molar-refractivity contribution in [1.82, 2.24) is 10.2 Å². The molecule has 3 N–H and O–H groups in total. The lowest BCUT2D eigenvalue weighted by molar-refractivity contribution is -0.116. The van der Waals surface area contributed by atoms with Gasteiger partial charge in [-0.2, -0.15) is 0 Å². The summed E-state index contributed by atoms with van der Waals surface area (Å²) in [7, 11) is 3.97. The fourth-order valence-corrected chi connectivity index (χ4v) is 1.48. The zero-order valence-electron chi connectivity index (χ0n) is 11.3. The van der Waals surface area contributed by atoms with E-state index in [4.69, 9.17) is 5.11 Å². The van der Waals surface area contributed by atoms with Crippen molar-refractivity contribution in [3.8, 4) is 11.5 Å². The van der Waals surface area contributed by atoms with E-state index >= 15 is 0 Å². The van der Waals surface area contributed by atoms with Crippen molar-refractivity contribution in [1.29, 1.82) is 0 Å². The van der Waals surface area contributed by atoms with Gasteiger partial charge in [-0.1, -0.05) is 6.07 Å². The number of nitrogens with one attached hydrogen (secondary N) is 1. The van der Waals surface area contributed by atoms with E-state index in [1.807, 2.05) is 14.1 Å². The first-order valence-electron chi connectivity index (χ1n) is 6.11. The number of phenolic OH excluding ortho intramolecular Hbond substituents is 2. The Labute approximate surface area is 113 Å². The molecule has 1 aromatic rings. The molecule has 0 bridgehead atoms. The Morgan fingerprint density at radius 1 is 1.32 bits per heavy atom. The maximum absolute atomic E-state index is 11.5. The van der Waals surface area contributed by atoms with E-state index in [9.17, 15) is 9.90 Å². The highest BCUT2D eigenvalue weighted by atomic mass is 16.3. The second-order valence-electron chi connectivity index (χ2n) is 4.53. The first-order chi connectivity index (χ1) is 8.99. The highest BCUT2D eigenvalue weighted by Crippen LogP contribution is 2.25. The lowest BCUT2D eigenvalue weighted by Crippen LogP contribution is -2.25. The number of benzene rings is 1. The summed E-state index contributed by atoms with van der Waals surface area (Å²) in [6.07, 6.45) is 3.88. The van der Waals surface area contributed by atoms with Crippen LogP contribution in [-0.2, 0) is 4.79 Å². The van der Waals surface area contributed by atoms with E-state index in [-0.39, 0.29) is 17.4 Å². The second kappa shape index (κ2) is 7.43. The van der Waals surface area contributed by atoms with Crippen LogP contribution in [0.25, 0.3) is 6.08 Å². The van der Waals surface area contributed by atoms with Crippen LogP contribution in [0.2, 0.25) is 0 Å². The minimum Gasteiger partial charge on any atom is -0.504 e. The van der Waals surface area contributed by atoms with Crippen LogP contribution < -0.4 is 5.32 Å². The summed E-state index contributed by atoms with van der Waals surface area (Å²) in [6.45, 7) is 1.55. The van der Waals surface area contributed by atoms with Crippen LogP contribution in [-0.4, -0.2) is 48.2 Å². The maximum Gasteiger partial charge on any atom is 0.243 e. The lowest BCUT2D eigenvalue weighted by atomic mass is 10.2. The number of carbonyl (C=O) groups excluding carboxylic acids is 1. The predicted molar refractivity (Wildman–Crippen MR) is 75.0 cm³/mol. The second-order valence-corrected chi connectivity index (χ2v) is 4.53. The van der Waals surface area contributed by atoms with Gasteiger partial charge in [0, 0.05) is 12.6 Å². The fourth-order valence-electron chi connectivity index (χ4n) is 1.48. The summed E-state index contributed by atoms with van der Waals surface area (Å²) < 4.78 is 0. The van der Waals surface area contributed by atoms with Crippen molar-refractivity contribution in [3.63, 3.8) is 0 Å². The number of carbonyl (C=O) groups is 1. The number of hydrogen-bond donors (Lipinski definition) is 3. The summed E-state index contributed by atoms with van der Waals surface area (Å²) in [4.78, 5) is 13.5. The Hall–Kier alpha value is -2.01. The zero-order chi connectivity index (χ0) is 14.3. The Morgan fingerprint density at radius 3 is 2.68 bits per heavy atom. The molecule has 19 heavy (non-hydrogen) atoms. The minimum absolute atomic E-state index is 0.175. The molecular formula is C14H20N2O3. The van der Waals surface area contributed by atoms with Gasteiger partial charge >= 0.3 is 0 Å². The topological polar surface area (TPSA) is 72.8 Å². The molecule has 0 fully saturated rings. The smallest absolute Gasteiger partial charge is 0.243 e. The summed E-state index contributed by atoms with van der Waals surface area (Å²) in [5.41, 5.74) is 0.652. The molecule has 0 spiro atoms. The van der Waals surface area contributed by atoms with Crippen LogP contribution in [0.4, 0.5) is 0 Å². The van der Waals surface area contributed by atoms with Gasteiger partial charge in [0.15, 0.2) is 11.5 Å². The molecule has 0 atom stereocenters. The number of aromatic hydroxyl groups is 2. The maximum atomic E-state index is 11.5. The molecule has 0 saturated carbocycles. The molecular weight excluding hydrogens is 244 g/mol. The predicted octanol–water partition coefficient (Wildman–Crippen LogP) is 1.18. The number of nitrogens with zero attached hydrogens (tertiary/aromatic N) is 1. The third-order valence-electron chi connectivity index (χ3n) is 2.51. The van der Waals surface area contributed by atoms with Gasteiger partial charge in [-0.05, 0) is 50.8 Å². The largest absolute Gasteiger partial charge is 0.504 e. The Kier molecular flexibility index (Phi) is 5.89. The molecule has 0 unspecified atom stereocenters. The molecule has 1 rings (SSSR count). The molecule has 5 heteroatoms. The molecule has 1 amide bonds. The molecule has 0 radical (unpaired) electrons. The van der Waals surface area contributed by atoms with Crippen LogP contribution in [0.1, 0.15) is 12.0 Å². The van der Waals surface area contributed by atoms with E-state index in [1.54, 1.807) is 12.1 Å². The Morgan fingerprint density at radius 2 is 2.05 bits per heavy atom. The molecule has 5 nitrogen and oxygen atoms in total. The van der Waals surface area contributed by atoms with Gasteiger partial charge in [0.05, 0.1) is 0 Å². The van der Waals surface area contributed by atoms with Crippen molar-refractivity contribution in [2.24, 2.45) is 0 Å². The van der Waals surface area contributed by atoms with E-state index in [0.717, 1.165) is 13.0 Å². The Balaban J connectivity index is 2.39. The van der Waals surface area contributed by atoms with Crippen LogP contribution in [0.3, 0.4) is 0 Å². The van der Waals surface area contributed by atoms with Crippen molar-refractivity contribution in [2.75, 3.05) is 27.2 Å². The van der Waals surface area contributed by atoms with Crippen molar-refractivity contribution in [2.45, 2.75) is 6.42 Å². The monoisotopic (exact) mass is 264 g/mol. The van der Waals surface area contributed by atoms with Gasteiger partial charge < -0.3 is 20.4 Å². The highest BCUT2D eigenvalue weighted by Gasteiger charge is 1.99. The molecule has 104 valence electrons. The van der Waals surface area contributed by atoms with Gasteiger partial charge in [0.1, 0.15) is 0 Å². The van der Waals surface area contributed by atoms with Gasteiger partial charge in [0.25, 0.3) is 0 Å². The van der Waals surface area contributed by atoms with Crippen molar-refractivity contribution >= 4 is 12.0 Å². The fraction of sp³-hybridized carbons (Fsp3) is 0.357. The van der Waals surface area contributed by atoms with Crippen LogP contribution >= 0.6 is 0 Å². The number of phenols is 2. The average Bonchev–Trinajstić information content (AvgIpc) is 2.36. The molecule has 1 aromatic carbocycles. The first kappa shape index (κ1) is 15.0. The highest BCUT2D eigenvalue weighted by molar-refractivity contribution is 5.91. The average molecular weight is 264 g/mol. The molecule has 0 aliphatic heterocycles. The van der Waals surface area contributed by atoms with Crippen LogP contribution in [0.15, 0.2) is 24.3 Å². The standard InChI is InChI=1S/C14H20N2O3/c1-16(2)9-3-8-15-14(19)7-5-11-4-6-12(17)13(18)10-11/h4-7,10,17-18H,3,8-9H2,1-2H3,(H,15,19). The Bertz CT molecular complexity index is 456. The van der Waals surface area contributed by atoms with E-state index < -0.39 is 0 Å². The van der Waals surface area contributed by atoms with Crippen molar-refractivity contribution in [3.05, 3.63) is 29.8 Å². The van der Waals surface area contributed by atoms with Gasteiger partial charge in [0.2, 0.25) is 5.91 Å². The summed E-state index contributed by atoms with van der Waals surface area (Å²) >= 11 is 0. The first-order valence-corrected chi connectivity index (χ1v) is 6.11. The van der Waals surface area contributed by atoms with E-state index in [2.05, 4.69) is 10.2 Å². The molecule has 0 aromatic heterocycles. The van der Waals surface area contributed by atoms with E-state index in [1.165, 1.54) is 18.2 Å². The normalized spacial score (nSPS) is 11.1. The number of amides is 1. The van der Waals surface area contributed by atoms with Crippen LogP contribution in [0.5, 0.6) is 11.5 Å². The quantitative estimate of drug-likeness (QED) is 0.410. The van der Waals surface area contributed by atoms with E-state index in [0.29, 0.717) is 12.1 Å². The third kappa shape index (κ3) is 5.92.